The van der Waals surface area contributed by atoms with Crippen LogP contribution in [0.15, 0.2) is 38.2 Å². The molecule has 3 heterocycles. The van der Waals surface area contributed by atoms with E-state index in [4.69, 9.17) is 11.8 Å². The topological polar surface area (TPSA) is 149 Å². The number of hydrogen-bond acceptors (Lipinski definition) is 9. The zero-order chi connectivity index (χ0) is 20.8. The van der Waals surface area contributed by atoms with E-state index >= 15 is 0 Å². The Bertz CT molecular complexity index is 940. The fraction of sp³-hybridized carbons (Fsp3) is 0.412. The summed E-state index contributed by atoms with van der Waals surface area (Å²) < 4.78 is 15.2. The molecule has 1 saturated heterocycles. The van der Waals surface area contributed by atoms with Gasteiger partial charge >= 0.3 is 0 Å². The number of nitrogen functional groups attached to an aromatic ring is 1. The highest BCUT2D eigenvalue weighted by Gasteiger charge is 2.48. The highest BCUT2D eigenvalue weighted by molar-refractivity contribution is 14.1. The summed E-state index contributed by atoms with van der Waals surface area (Å²) >= 11 is 2.14. The van der Waals surface area contributed by atoms with Gasteiger partial charge in [0.1, 0.15) is 30.5 Å². The highest BCUT2D eigenvalue weighted by atomic mass is 127. The first-order valence-corrected chi connectivity index (χ1v) is 9.59. The average Bonchev–Trinajstić information content (AvgIpc) is 3.20. The Morgan fingerprint density at radius 2 is 2.18 bits per heavy atom. The van der Waals surface area contributed by atoms with Crippen molar-refractivity contribution in [3.8, 4) is 0 Å². The number of hydrogen-bond donors (Lipinski definition) is 4. The third kappa shape index (κ3) is 3.43. The van der Waals surface area contributed by atoms with E-state index in [9.17, 15) is 15.3 Å². The van der Waals surface area contributed by atoms with E-state index in [0.29, 0.717) is 5.69 Å². The zero-order valence-corrected chi connectivity index (χ0v) is 16.7. The van der Waals surface area contributed by atoms with Crippen molar-refractivity contribution in [3.63, 3.8) is 0 Å². The summed E-state index contributed by atoms with van der Waals surface area (Å²) in [5.74, 6) is 0.285. The van der Waals surface area contributed by atoms with Gasteiger partial charge in [-0.3, -0.25) is 14.9 Å². The van der Waals surface area contributed by atoms with Crippen LogP contribution in [0.4, 0.5) is 5.69 Å². The van der Waals surface area contributed by atoms with Crippen molar-refractivity contribution in [2.24, 2.45) is 20.0 Å². The molecule has 10 nitrogen and oxygen atoms in total. The molecule has 1 fully saturated rings. The normalized spacial score (nSPS) is 36.0. The lowest BCUT2D eigenvalue weighted by Crippen LogP contribution is -2.48. The second-order valence-corrected chi connectivity index (χ2v) is 7.58. The van der Waals surface area contributed by atoms with E-state index in [1.54, 1.807) is 6.07 Å². The molecule has 3 aliphatic heterocycles. The minimum atomic E-state index is -1.69. The molecule has 3 aliphatic rings. The second kappa shape index (κ2) is 7.83. The fourth-order valence-electron chi connectivity index (χ4n) is 3.09. The molecule has 1 aromatic carbocycles. The molecule has 0 aromatic heterocycles. The average molecular weight is 499 g/mol. The molecule has 0 amide bonds. The standard InChI is InChI=1S/C17H19IN6O4/c18-9-3-8(1-2-10(9)19)4-20-15-12-16(22-6-21-15)24(7-23-12)17-14(27)13(26)11(5-25)28-17/h1-3,6-7,11-14,17,25-27H,4-5,19H2/t11-,12?,13-,14-,17-/m1/s1/i12D. The van der Waals surface area contributed by atoms with Crippen molar-refractivity contribution in [1.29, 1.82) is 0 Å². The number of nitrogens with two attached hydrogens (primary N) is 1. The maximum absolute atomic E-state index is 10.3. The largest absolute Gasteiger partial charge is 0.398 e. The van der Waals surface area contributed by atoms with E-state index in [-0.39, 0.29) is 18.2 Å². The number of nitrogens with zero attached hydrogens (tertiary/aromatic N) is 5. The van der Waals surface area contributed by atoms with Gasteiger partial charge in [-0.1, -0.05) is 6.07 Å². The summed E-state index contributed by atoms with van der Waals surface area (Å²) in [5.41, 5.74) is 7.41. The van der Waals surface area contributed by atoms with Crippen molar-refractivity contribution in [3.05, 3.63) is 27.3 Å². The van der Waals surface area contributed by atoms with Crippen LogP contribution in [0.3, 0.4) is 0 Å². The van der Waals surface area contributed by atoms with Crippen LogP contribution in [0, 0.1) is 3.57 Å². The summed E-state index contributed by atoms with van der Waals surface area (Å²) in [4.78, 5) is 18.2. The van der Waals surface area contributed by atoms with Crippen molar-refractivity contribution in [1.82, 2.24) is 4.90 Å². The van der Waals surface area contributed by atoms with Crippen LogP contribution in [-0.4, -0.2) is 81.7 Å². The number of rotatable bonds is 4. The molecule has 5 atom stereocenters. The van der Waals surface area contributed by atoms with E-state index in [1.165, 1.54) is 17.6 Å². The number of fused-ring (bicyclic) bond motifs is 1. The minimum Gasteiger partial charge on any atom is -0.398 e. The molecular formula is C17H19IN6O4. The number of benzene rings is 1. The predicted octanol–water partition coefficient (Wildman–Crippen LogP) is -0.636. The first kappa shape index (κ1) is 18.1. The molecule has 28 heavy (non-hydrogen) atoms. The van der Waals surface area contributed by atoms with Gasteiger partial charge in [-0.2, -0.15) is 0 Å². The highest BCUT2D eigenvalue weighted by Crippen LogP contribution is 2.27. The molecular weight excluding hydrogens is 479 g/mol. The first-order chi connectivity index (χ1) is 13.8. The number of aliphatic hydroxyl groups is 3. The summed E-state index contributed by atoms with van der Waals surface area (Å²) in [7, 11) is 0. The Hall–Kier alpha value is -1.93. The number of amidine groups is 2. The van der Waals surface area contributed by atoms with Gasteiger partial charge in [0.15, 0.2) is 18.1 Å². The number of ether oxygens (including phenoxy) is 1. The lowest BCUT2D eigenvalue weighted by atomic mass is 10.1. The van der Waals surface area contributed by atoms with Crippen LogP contribution < -0.4 is 5.73 Å². The van der Waals surface area contributed by atoms with Gasteiger partial charge < -0.3 is 25.8 Å². The van der Waals surface area contributed by atoms with Gasteiger partial charge in [0.25, 0.3) is 0 Å². The Kier molecular flexibility index (Phi) is 5.07. The number of aliphatic hydroxyl groups excluding tert-OH is 3. The predicted molar refractivity (Wildman–Crippen MR) is 113 cm³/mol. The molecule has 1 aromatic rings. The summed E-state index contributed by atoms with van der Waals surface area (Å²) in [5, 5.41) is 29.6. The van der Waals surface area contributed by atoms with E-state index in [2.05, 4.69) is 42.6 Å². The molecule has 0 bridgehead atoms. The summed E-state index contributed by atoms with van der Waals surface area (Å²) in [6.07, 6.45) is -1.98. The minimum absolute atomic E-state index is 0.139. The fourth-order valence-corrected chi connectivity index (χ4v) is 3.67. The Morgan fingerprint density at radius 3 is 2.89 bits per heavy atom. The van der Waals surface area contributed by atoms with Crippen LogP contribution in [0.5, 0.6) is 0 Å². The summed E-state index contributed by atoms with van der Waals surface area (Å²) in [6, 6.07) is 3.85. The van der Waals surface area contributed by atoms with Crippen molar-refractivity contribution >= 4 is 52.6 Å². The maximum atomic E-state index is 10.3. The Labute approximate surface area is 175 Å². The van der Waals surface area contributed by atoms with Gasteiger partial charge in [0.05, 0.1) is 20.9 Å². The van der Waals surface area contributed by atoms with Crippen molar-refractivity contribution in [2.45, 2.75) is 37.1 Å². The van der Waals surface area contributed by atoms with E-state index < -0.39 is 37.2 Å². The van der Waals surface area contributed by atoms with Crippen LogP contribution >= 0.6 is 22.6 Å². The maximum Gasteiger partial charge on any atom is 0.169 e. The lowest BCUT2D eigenvalue weighted by Gasteiger charge is -2.27. The van der Waals surface area contributed by atoms with E-state index in [0.717, 1.165) is 9.13 Å². The summed E-state index contributed by atoms with van der Waals surface area (Å²) in [6.45, 7) is -0.174. The third-order valence-electron chi connectivity index (χ3n) is 4.61. The Balaban J connectivity index is 1.57. The molecule has 0 spiro atoms. The molecule has 5 N–H and O–H groups in total. The zero-order valence-electron chi connectivity index (χ0n) is 15.6. The van der Waals surface area contributed by atoms with Crippen LogP contribution in [0.2, 0.25) is 0 Å². The van der Waals surface area contributed by atoms with E-state index in [1.807, 2.05) is 12.1 Å². The number of halogens is 1. The lowest BCUT2D eigenvalue weighted by molar-refractivity contribution is -0.0509. The van der Waals surface area contributed by atoms with Crippen LogP contribution in [-0.2, 0) is 11.3 Å². The molecule has 0 saturated carbocycles. The molecule has 0 radical (unpaired) electrons. The Morgan fingerprint density at radius 1 is 1.36 bits per heavy atom. The van der Waals surface area contributed by atoms with Crippen molar-refractivity contribution in [2.75, 3.05) is 12.3 Å². The molecule has 4 rings (SSSR count). The number of anilines is 1. The smallest absolute Gasteiger partial charge is 0.169 e. The monoisotopic (exact) mass is 499 g/mol. The quantitative estimate of drug-likeness (QED) is 0.320. The van der Waals surface area contributed by atoms with Crippen LogP contribution in [0.1, 0.15) is 6.93 Å². The molecule has 148 valence electrons. The van der Waals surface area contributed by atoms with Gasteiger partial charge in [0.2, 0.25) is 0 Å². The second-order valence-electron chi connectivity index (χ2n) is 6.42. The molecule has 0 aliphatic carbocycles. The third-order valence-corrected chi connectivity index (χ3v) is 5.54. The first-order valence-electron chi connectivity index (χ1n) is 9.01. The number of aliphatic imine (C=N–C) groups is 4. The molecule has 1 unspecified atom stereocenters. The van der Waals surface area contributed by atoms with Gasteiger partial charge in [-0.15, -0.1) is 0 Å². The van der Waals surface area contributed by atoms with Gasteiger partial charge in [-0.05, 0) is 40.3 Å². The molecule has 11 heteroatoms. The van der Waals surface area contributed by atoms with Crippen molar-refractivity contribution < 1.29 is 21.4 Å². The van der Waals surface area contributed by atoms with Gasteiger partial charge in [0, 0.05) is 9.26 Å². The van der Waals surface area contributed by atoms with Crippen LogP contribution in [0.25, 0.3) is 0 Å². The van der Waals surface area contributed by atoms with Gasteiger partial charge in [-0.25, -0.2) is 9.98 Å². The SMILES string of the molecule is [2H]C12N=CN([C@@H]3O[C@H](CO)[C@@H](O)[C@H]3O)C1=NC=NC2=NCc1ccc(N)c(I)c1.